The van der Waals surface area contributed by atoms with Gasteiger partial charge in [0.25, 0.3) is 0 Å². The molecule has 0 amide bonds. The molecule has 0 saturated carbocycles. The van der Waals surface area contributed by atoms with E-state index in [-0.39, 0.29) is 5.75 Å². The fourth-order valence-corrected chi connectivity index (χ4v) is 2.23. The summed E-state index contributed by atoms with van der Waals surface area (Å²) in [7, 11) is 0. The minimum absolute atomic E-state index is 0.0212. The lowest BCUT2D eigenvalue weighted by molar-refractivity contribution is 0.306. The monoisotopic (exact) mass is 282 g/mol. The van der Waals surface area contributed by atoms with E-state index in [0.717, 1.165) is 5.56 Å². The van der Waals surface area contributed by atoms with E-state index >= 15 is 0 Å². The summed E-state index contributed by atoms with van der Waals surface area (Å²) in [6.07, 6.45) is 0. The molecule has 4 heteroatoms. The largest absolute Gasteiger partial charge is 0.508 e. The van der Waals surface area contributed by atoms with Crippen molar-refractivity contribution in [1.82, 2.24) is 0 Å². The molecule has 94 valence electrons. The third kappa shape index (κ3) is 3.09. The SMILES string of the molecule is Cc1cccc(COc2c(Cl)cc(O)cc2Cl)c1. The van der Waals surface area contributed by atoms with Crippen molar-refractivity contribution in [2.24, 2.45) is 0 Å². The topological polar surface area (TPSA) is 29.5 Å². The first-order valence-electron chi connectivity index (χ1n) is 5.42. The average molecular weight is 283 g/mol. The molecule has 0 aromatic heterocycles. The Balaban J connectivity index is 2.16. The van der Waals surface area contributed by atoms with Crippen molar-refractivity contribution in [2.45, 2.75) is 13.5 Å². The summed E-state index contributed by atoms with van der Waals surface area (Å²) in [5, 5.41) is 9.91. The van der Waals surface area contributed by atoms with Crippen molar-refractivity contribution in [3.8, 4) is 11.5 Å². The van der Waals surface area contributed by atoms with Crippen molar-refractivity contribution in [3.63, 3.8) is 0 Å². The first-order valence-corrected chi connectivity index (χ1v) is 6.18. The Labute approximate surface area is 116 Å². The number of benzene rings is 2. The average Bonchev–Trinajstić information content (AvgIpc) is 2.27. The molecule has 2 aromatic rings. The molecular formula is C14H12Cl2O2. The van der Waals surface area contributed by atoms with E-state index in [1.165, 1.54) is 17.7 Å². The molecule has 0 bridgehead atoms. The van der Waals surface area contributed by atoms with Crippen molar-refractivity contribution in [2.75, 3.05) is 0 Å². The van der Waals surface area contributed by atoms with E-state index in [4.69, 9.17) is 27.9 Å². The van der Waals surface area contributed by atoms with Gasteiger partial charge in [0.1, 0.15) is 12.4 Å². The van der Waals surface area contributed by atoms with Gasteiger partial charge in [0.05, 0.1) is 10.0 Å². The van der Waals surface area contributed by atoms with Gasteiger partial charge in [0.15, 0.2) is 5.75 Å². The van der Waals surface area contributed by atoms with E-state index in [0.29, 0.717) is 22.4 Å². The van der Waals surface area contributed by atoms with Crippen LogP contribution in [-0.4, -0.2) is 5.11 Å². The molecule has 0 aliphatic rings. The van der Waals surface area contributed by atoms with Crippen LogP contribution in [0.3, 0.4) is 0 Å². The van der Waals surface area contributed by atoms with E-state index in [9.17, 15) is 5.11 Å². The van der Waals surface area contributed by atoms with Gasteiger partial charge in [-0.05, 0) is 12.5 Å². The molecule has 0 spiro atoms. The number of aromatic hydroxyl groups is 1. The highest BCUT2D eigenvalue weighted by Gasteiger charge is 2.09. The number of rotatable bonds is 3. The maximum absolute atomic E-state index is 9.32. The molecule has 18 heavy (non-hydrogen) atoms. The van der Waals surface area contributed by atoms with Gasteiger partial charge in [-0.25, -0.2) is 0 Å². The van der Waals surface area contributed by atoms with Gasteiger partial charge in [-0.3, -0.25) is 0 Å². The molecule has 2 rings (SSSR count). The lowest BCUT2D eigenvalue weighted by Crippen LogP contribution is -1.97. The quantitative estimate of drug-likeness (QED) is 0.893. The maximum atomic E-state index is 9.32. The molecule has 2 nitrogen and oxygen atoms in total. The molecule has 0 saturated heterocycles. The Morgan fingerprint density at radius 3 is 2.39 bits per heavy atom. The summed E-state index contributed by atoms with van der Waals surface area (Å²) in [4.78, 5) is 0. The summed E-state index contributed by atoms with van der Waals surface area (Å²) >= 11 is 11.9. The number of phenolic OH excluding ortho intramolecular Hbond substituents is 1. The molecule has 0 unspecified atom stereocenters. The molecule has 0 fully saturated rings. The van der Waals surface area contributed by atoms with Crippen LogP contribution in [0.5, 0.6) is 11.5 Å². The third-order valence-electron chi connectivity index (χ3n) is 2.45. The van der Waals surface area contributed by atoms with Crippen LogP contribution in [0.25, 0.3) is 0 Å². The molecule has 0 aliphatic heterocycles. The molecule has 1 N–H and O–H groups in total. The smallest absolute Gasteiger partial charge is 0.157 e. The fraction of sp³-hybridized carbons (Fsp3) is 0.143. The van der Waals surface area contributed by atoms with E-state index in [2.05, 4.69) is 0 Å². The predicted molar refractivity (Wildman–Crippen MR) is 73.6 cm³/mol. The first-order chi connectivity index (χ1) is 8.56. The highest BCUT2D eigenvalue weighted by Crippen LogP contribution is 2.36. The van der Waals surface area contributed by atoms with Crippen LogP contribution in [0.1, 0.15) is 11.1 Å². The lowest BCUT2D eigenvalue weighted by atomic mass is 10.1. The maximum Gasteiger partial charge on any atom is 0.157 e. The van der Waals surface area contributed by atoms with Crippen molar-refractivity contribution >= 4 is 23.2 Å². The predicted octanol–water partition coefficient (Wildman–Crippen LogP) is 4.59. The number of phenols is 1. The van der Waals surface area contributed by atoms with Crippen molar-refractivity contribution < 1.29 is 9.84 Å². The van der Waals surface area contributed by atoms with E-state index in [1.54, 1.807) is 0 Å². The van der Waals surface area contributed by atoms with Gasteiger partial charge in [-0.2, -0.15) is 0 Å². The highest BCUT2D eigenvalue weighted by atomic mass is 35.5. The van der Waals surface area contributed by atoms with Gasteiger partial charge in [0.2, 0.25) is 0 Å². The molecule has 0 heterocycles. The van der Waals surface area contributed by atoms with E-state index in [1.807, 2.05) is 31.2 Å². The Hall–Kier alpha value is -1.38. The number of hydrogen-bond acceptors (Lipinski definition) is 2. The van der Waals surface area contributed by atoms with Gasteiger partial charge in [-0.1, -0.05) is 53.0 Å². The van der Waals surface area contributed by atoms with Crippen molar-refractivity contribution in [1.29, 1.82) is 0 Å². The standard InChI is InChI=1S/C14H12Cl2O2/c1-9-3-2-4-10(5-9)8-18-14-12(15)6-11(17)7-13(14)16/h2-7,17H,8H2,1H3. The zero-order valence-electron chi connectivity index (χ0n) is 9.78. The lowest BCUT2D eigenvalue weighted by Gasteiger charge is -2.10. The van der Waals surface area contributed by atoms with Gasteiger partial charge in [0, 0.05) is 12.1 Å². The summed E-state index contributed by atoms with van der Waals surface area (Å²) in [5.74, 6) is 0.408. The minimum atomic E-state index is 0.0212. The summed E-state index contributed by atoms with van der Waals surface area (Å²) in [6, 6.07) is 10.8. The molecule has 0 atom stereocenters. The number of ether oxygens (including phenoxy) is 1. The molecule has 0 aliphatic carbocycles. The Kier molecular flexibility index (Phi) is 4.00. The summed E-state index contributed by atoms with van der Waals surface area (Å²) < 4.78 is 5.59. The minimum Gasteiger partial charge on any atom is -0.508 e. The van der Waals surface area contributed by atoms with Crippen LogP contribution in [0.4, 0.5) is 0 Å². The first kappa shape index (κ1) is 13.1. The normalized spacial score (nSPS) is 10.4. The number of aryl methyl sites for hydroxylation is 1. The zero-order chi connectivity index (χ0) is 13.1. The third-order valence-corrected chi connectivity index (χ3v) is 3.01. The molecule has 0 radical (unpaired) electrons. The van der Waals surface area contributed by atoms with Crippen LogP contribution in [-0.2, 0) is 6.61 Å². The van der Waals surface area contributed by atoms with Gasteiger partial charge < -0.3 is 9.84 Å². The van der Waals surface area contributed by atoms with Crippen molar-refractivity contribution in [3.05, 3.63) is 57.6 Å². The summed E-state index contributed by atoms with van der Waals surface area (Å²) in [6.45, 7) is 2.40. The number of halogens is 2. The van der Waals surface area contributed by atoms with Crippen LogP contribution in [0, 0.1) is 6.92 Å². The van der Waals surface area contributed by atoms with E-state index < -0.39 is 0 Å². The summed E-state index contributed by atoms with van der Waals surface area (Å²) in [5.41, 5.74) is 2.20. The fourth-order valence-electron chi connectivity index (χ4n) is 1.64. The van der Waals surface area contributed by atoms with Crippen LogP contribution in [0.15, 0.2) is 36.4 Å². The molecular weight excluding hydrogens is 271 g/mol. The highest BCUT2D eigenvalue weighted by molar-refractivity contribution is 6.37. The Morgan fingerprint density at radius 2 is 1.78 bits per heavy atom. The van der Waals surface area contributed by atoms with Gasteiger partial charge in [-0.15, -0.1) is 0 Å². The molecule has 2 aromatic carbocycles. The van der Waals surface area contributed by atoms with Crippen LogP contribution < -0.4 is 4.74 Å². The Bertz CT molecular complexity index is 544. The zero-order valence-corrected chi connectivity index (χ0v) is 11.3. The second-order valence-corrected chi connectivity index (χ2v) is 4.83. The van der Waals surface area contributed by atoms with Gasteiger partial charge >= 0.3 is 0 Å². The van der Waals surface area contributed by atoms with Crippen LogP contribution in [0.2, 0.25) is 10.0 Å². The van der Waals surface area contributed by atoms with Crippen LogP contribution >= 0.6 is 23.2 Å². The Morgan fingerprint density at radius 1 is 1.11 bits per heavy atom. The second-order valence-electron chi connectivity index (χ2n) is 4.02. The number of hydrogen-bond donors (Lipinski definition) is 1. The second kappa shape index (κ2) is 5.51.